The van der Waals surface area contributed by atoms with Crippen LogP contribution in [0.2, 0.25) is 0 Å². The van der Waals surface area contributed by atoms with Crippen molar-refractivity contribution in [1.82, 2.24) is 0 Å². The molecule has 0 fully saturated rings. The van der Waals surface area contributed by atoms with Gasteiger partial charge in [-0.3, -0.25) is 0 Å². The van der Waals surface area contributed by atoms with Crippen LogP contribution in [0.15, 0.2) is 30.8 Å². The second-order valence-corrected chi connectivity index (χ2v) is 5.76. The third kappa shape index (κ3) is 6.27. The van der Waals surface area contributed by atoms with Gasteiger partial charge in [0.1, 0.15) is 5.75 Å². The fourth-order valence-electron chi connectivity index (χ4n) is 2.41. The summed E-state index contributed by atoms with van der Waals surface area (Å²) < 4.78 is 6.07. The van der Waals surface area contributed by atoms with E-state index in [1.165, 1.54) is 38.5 Å². The molecular weight excluding hydrogens is 244 g/mol. The monoisotopic (exact) mass is 274 g/mol. The van der Waals surface area contributed by atoms with Gasteiger partial charge in [-0.25, -0.2) is 0 Å². The zero-order chi connectivity index (χ0) is 14.8. The molecule has 1 rings (SSSR count). The zero-order valence-corrected chi connectivity index (χ0v) is 13.5. The van der Waals surface area contributed by atoms with Crippen LogP contribution < -0.4 is 4.74 Å². The quantitative estimate of drug-likeness (QED) is 0.459. The van der Waals surface area contributed by atoms with Crippen molar-refractivity contribution in [2.75, 3.05) is 0 Å². The first kappa shape index (κ1) is 16.8. The molecule has 1 aromatic rings. The summed E-state index contributed by atoms with van der Waals surface area (Å²) in [5.41, 5.74) is 2.19. The lowest BCUT2D eigenvalue weighted by atomic mass is 10.1. The number of hydrogen-bond donors (Lipinski definition) is 0. The summed E-state index contributed by atoms with van der Waals surface area (Å²) in [6.45, 7) is 10.5. The molecule has 0 bridgehead atoms. The number of allylic oxidation sites excluding steroid dienone is 1. The molecule has 1 aromatic carbocycles. The summed E-state index contributed by atoms with van der Waals surface area (Å²) in [5.74, 6) is 0.971. The Morgan fingerprint density at radius 3 is 2.45 bits per heavy atom. The van der Waals surface area contributed by atoms with E-state index < -0.39 is 0 Å². The van der Waals surface area contributed by atoms with E-state index in [0.717, 1.165) is 23.3 Å². The molecule has 0 spiro atoms. The van der Waals surface area contributed by atoms with E-state index in [1.54, 1.807) is 0 Å². The molecule has 1 nitrogen and oxygen atoms in total. The van der Waals surface area contributed by atoms with Crippen molar-refractivity contribution in [3.05, 3.63) is 36.4 Å². The van der Waals surface area contributed by atoms with Crippen LogP contribution in [-0.2, 0) is 0 Å². The second kappa shape index (κ2) is 9.63. The van der Waals surface area contributed by atoms with Gasteiger partial charge in [-0.15, -0.1) is 0 Å². The van der Waals surface area contributed by atoms with E-state index in [-0.39, 0.29) is 6.10 Å². The maximum absolute atomic E-state index is 6.07. The highest BCUT2D eigenvalue weighted by Gasteiger charge is 2.08. The molecule has 0 heterocycles. The maximum Gasteiger partial charge on any atom is 0.127 e. The average molecular weight is 274 g/mol. The Hall–Kier alpha value is -1.24. The van der Waals surface area contributed by atoms with Crippen LogP contribution in [0.4, 0.5) is 0 Å². The molecule has 20 heavy (non-hydrogen) atoms. The minimum absolute atomic E-state index is 0.279. The lowest BCUT2D eigenvalue weighted by Gasteiger charge is -2.17. The highest BCUT2D eigenvalue weighted by Crippen LogP contribution is 2.26. The van der Waals surface area contributed by atoms with Gasteiger partial charge >= 0.3 is 0 Å². The third-order valence-corrected chi connectivity index (χ3v) is 3.64. The molecule has 0 saturated carbocycles. The SMILES string of the molecule is C=C(C)c1ccccc1OC(C)CCCCCCCC. The zero-order valence-electron chi connectivity index (χ0n) is 13.5. The summed E-state index contributed by atoms with van der Waals surface area (Å²) in [6.07, 6.45) is 9.44. The van der Waals surface area contributed by atoms with Gasteiger partial charge in [0, 0.05) is 5.56 Å². The van der Waals surface area contributed by atoms with Crippen molar-refractivity contribution >= 4 is 5.57 Å². The fourth-order valence-corrected chi connectivity index (χ4v) is 2.41. The molecule has 0 amide bonds. The normalized spacial score (nSPS) is 12.2. The minimum atomic E-state index is 0.279. The predicted octanol–water partition coefficient (Wildman–Crippen LogP) is 6.24. The average Bonchev–Trinajstić information content (AvgIpc) is 2.43. The molecular formula is C19H30O. The van der Waals surface area contributed by atoms with Crippen molar-refractivity contribution in [1.29, 1.82) is 0 Å². The van der Waals surface area contributed by atoms with Gasteiger partial charge in [0.25, 0.3) is 0 Å². The van der Waals surface area contributed by atoms with Crippen LogP contribution in [-0.4, -0.2) is 6.10 Å². The molecule has 0 radical (unpaired) electrons. The molecule has 1 atom stereocenters. The first-order valence-corrected chi connectivity index (χ1v) is 8.06. The van der Waals surface area contributed by atoms with Crippen LogP contribution in [0, 0.1) is 0 Å². The number of benzene rings is 1. The molecule has 112 valence electrons. The van der Waals surface area contributed by atoms with Crippen LogP contribution in [0.25, 0.3) is 5.57 Å². The minimum Gasteiger partial charge on any atom is -0.490 e. The molecule has 1 heteroatoms. The van der Waals surface area contributed by atoms with E-state index in [4.69, 9.17) is 4.74 Å². The number of unbranched alkanes of at least 4 members (excludes halogenated alkanes) is 5. The van der Waals surface area contributed by atoms with Crippen molar-refractivity contribution in [2.24, 2.45) is 0 Å². The lowest BCUT2D eigenvalue weighted by Crippen LogP contribution is -2.12. The summed E-state index contributed by atoms with van der Waals surface area (Å²) in [4.78, 5) is 0. The van der Waals surface area contributed by atoms with Crippen molar-refractivity contribution in [3.63, 3.8) is 0 Å². The Morgan fingerprint density at radius 1 is 1.10 bits per heavy atom. The molecule has 0 aromatic heterocycles. The number of ether oxygens (including phenoxy) is 1. The largest absolute Gasteiger partial charge is 0.490 e. The number of para-hydroxylation sites is 1. The van der Waals surface area contributed by atoms with Gasteiger partial charge in [-0.2, -0.15) is 0 Å². The van der Waals surface area contributed by atoms with Gasteiger partial charge in [0.2, 0.25) is 0 Å². The van der Waals surface area contributed by atoms with E-state index in [0.29, 0.717) is 0 Å². The van der Waals surface area contributed by atoms with Crippen LogP contribution in [0.3, 0.4) is 0 Å². The first-order valence-electron chi connectivity index (χ1n) is 8.06. The topological polar surface area (TPSA) is 9.23 Å². The number of hydrogen-bond acceptors (Lipinski definition) is 1. The molecule has 1 unspecified atom stereocenters. The summed E-state index contributed by atoms with van der Waals surface area (Å²) in [7, 11) is 0. The number of rotatable bonds is 10. The van der Waals surface area contributed by atoms with Crippen LogP contribution in [0.1, 0.15) is 71.3 Å². The van der Waals surface area contributed by atoms with E-state index >= 15 is 0 Å². The standard InChI is InChI=1S/C19H30O/c1-5-6-7-8-9-10-13-17(4)20-19-15-12-11-14-18(19)16(2)3/h11-12,14-15,17H,2,5-10,13H2,1,3-4H3. The van der Waals surface area contributed by atoms with E-state index in [9.17, 15) is 0 Å². The van der Waals surface area contributed by atoms with Crippen molar-refractivity contribution in [2.45, 2.75) is 71.8 Å². The van der Waals surface area contributed by atoms with Crippen LogP contribution >= 0.6 is 0 Å². The summed E-state index contributed by atoms with van der Waals surface area (Å²) in [5, 5.41) is 0. The Morgan fingerprint density at radius 2 is 1.75 bits per heavy atom. The smallest absolute Gasteiger partial charge is 0.127 e. The lowest BCUT2D eigenvalue weighted by molar-refractivity contribution is 0.206. The second-order valence-electron chi connectivity index (χ2n) is 5.76. The van der Waals surface area contributed by atoms with Crippen molar-refractivity contribution < 1.29 is 4.74 Å². The van der Waals surface area contributed by atoms with E-state index in [1.807, 2.05) is 25.1 Å². The van der Waals surface area contributed by atoms with E-state index in [2.05, 4.69) is 26.5 Å². The third-order valence-electron chi connectivity index (χ3n) is 3.64. The Labute approximate surface area is 125 Å². The first-order chi connectivity index (χ1) is 9.65. The molecule has 0 N–H and O–H groups in total. The van der Waals surface area contributed by atoms with Gasteiger partial charge in [-0.1, -0.05) is 63.8 Å². The summed E-state index contributed by atoms with van der Waals surface area (Å²) in [6, 6.07) is 8.19. The molecule has 0 aliphatic carbocycles. The fraction of sp³-hybridized carbons (Fsp3) is 0.579. The Kier molecular flexibility index (Phi) is 8.10. The Balaban J connectivity index is 2.32. The van der Waals surface area contributed by atoms with Gasteiger partial charge in [0.05, 0.1) is 6.10 Å². The molecule has 0 aliphatic heterocycles. The summed E-state index contributed by atoms with van der Waals surface area (Å²) >= 11 is 0. The van der Waals surface area contributed by atoms with Gasteiger partial charge in [-0.05, 0) is 38.3 Å². The van der Waals surface area contributed by atoms with Crippen LogP contribution in [0.5, 0.6) is 5.75 Å². The maximum atomic E-state index is 6.07. The molecule has 0 saturated heterocycles. The highest BCUT2D eigenvalue weighted by molar-refractivity contribution is 5.66. The van der Waals surface area contributed by atoms with Crippen molar-refractivity contribution in [3.8, 4) is 5.75 Å². The molecule has 0 aliphatic rings. The highest BCUT2D eigenvalue weighted by atomic mass is 16.5. The van der Waals surface area contributed by atoms with Gasteiger partial charge < -0.3 is 4.74 Å². The predicted molar refractivity (Wildman–Crippen MR) is 89.2 cm³/mol. The van der Waals surface area contributed by atoms with Gasteiger partial charge in [0.15, 0.2) is 0 Å². The Bertz CT molecular complexity index is 395.